The number of hydrogen-bond acceptors (Lipinski definition) is 3. The molecule has 1 aliphatic carbocycles. The standard InChI is InChI=1S/C21H33N3O2.HI/c1-3-22-21(24-13-11-19(12-14-24)25-4-2)23-15-18-7-5-6-8-20(18)26-16-17-9-10-17;/h5-8,17,19H,3-4,9-16H2,1-2H3,(H,22,23);1H. The van der Waals surface area contributed by atoms with E-state index in [1.165, 1.54) is 12.8 Å². The second-order valence-corrected chi connectivity index (χ2v) is 7.17. The summed E-state index contributed by atoms with van der Waals surface area (Å²) in [5.41, 5.74) is 1.16. The van der Waals surface area contributed by atoms with Crippen LogP contribution in [0.4, 0.5) is 0 Å². The first-order valence-corrected chi connectivity index (χ1v) is 10.2. The fourth-order valence-corrected chi connectivity index (χ4v) is 3.32. The van der Waals surface area contributed by atoms with Gasteiger partial charge in [0.25, 0.3) is 0 Å². The van der Waals surface area contributed by atoms with Crippen molar-refractivity contribution in [1.82, 2.24) is 10.2 Å². The summed E-state index contributed by atoms with van der Waals surface area (Å²) < 4.78 is 11.8. The maximum atomic E-state index is 6.02. The van der Waals surface area contributed by atoms with Crippen LogP contribution in [0.2, 0.25) is 0 Å². The fraction of sp³-hybridized carbons (Fsp3) is 0.667. The van der Waals surface area contributed by atoms with Crippen LogP contribution in [-0.4, -0.2) is 49.8 Å². The molecule has 0 atom stereocenters. The number of para-hydroxylation sites is 1. The average Bonchev–Trinajstić information content (AvgIpc) is 3.50. The van der Waals surface area contributed by atoms with Crippen LogP contribution in [0.1, 0.15) is 45.1 Å². The molecular formula is C21H34IN3O2. The van der Waals surface area contributed by atoms with Crippen molar-refractivity contribution in [3.05, 3.63) is 29.8 Å². The van der Waals surface area contributed by atoms with Crippen LogP contribution in [-0.2, 0) is 11.3 Å². The van der Waals surface area contributed by atoms with E-state index in [0.717, 1.165) is 68.9 Å². The van der Waals surface area contributed by atoms with Gasteiger partial charge in [-0.1, -0.05) is 18.2 Å². The molecule has 2 aliphatic rings. The Morgan fingerprint density at radius 3 is 2.56 bits per heavy atom. The highest BCUT2D eigenvalue weighted by atomic mass is 127. The summed E-state index contributed by atoms with van der Waals surface area (Å²) in [6.45, 7) is 9.35. The van der Waals surface area contributed by atoms with Crippen molar-refractivity contribution in [2.45, 2.75) is 52.2 Å². The molecule has 0 unspecified atom stereocenters. The Labute approximate surface area is 180 Å². The Hall–Kier alpha value is -1.02. The van der Waals surface area contributed by atoms with Crippen LogP contribution >= 0.6 is 24.0 Å². The number of guanidine groups is 1. The van der Waals surface area contributed by atoms with Crippen LogP contribution in [0.15, 0.2) is 29.3 Å². The van der Waals surface area contributed by atoms with E-state index >= 15 is 0 Å². The monoisotopic (exact) mass is 487 g/mol. The Balaban J connectivity index is 0.00000261. The van der Waals surface area contributed by atoms with Crippen LogP contribution in [0.3, 0.4) is 0 Å². The summed E-state index contributed by atoms with van der Waals surface area (Å²) in [5.74, 6) is 2.74. The Morgan fingerprint density at radius 1 is 1.15 bits per heavy atom. The van der Waals surface area contributed by atoms with Crippen LogP contribution < -0.4 is 10.1 Å². The second kappa shape index (κ2) is 11.7. The van der Waals surface area contributed by atoms with Gasteiger partial charge in [-0.15, -0.1) is 24.0 Å². The van der Waals surface area contributed by atoms with Crippen LogP contribution in [0.5, 0.6) is 5.75 Å². The zero-order chi connectivity index (χ0) is 18.2. The molecule has 1 heterocycles. The van der Waals surface area contributed by atoms with Gasteiger partial charge in [0.2, 0.25) is 0 Å². The summed E-state index contributed by atoms with van der Waals surface area (Å²) in [7, 11) is 0. The van der Waals surface area contributed by atoms with Gasteiger partial charge in [0.15, 0.2) is 5.96 Å². The molecule has 1 N–H and O–H groups in total. The molecule has 27 heavy (non-hydrogen) atoms. The molecule has 3 rings (SSSR count). The zero-order valence-corrected chi connectivity index (χ0v) is 19.0. The topological polar surface area (TPSA) is 46.1 Å². The molecule has 0 bridgehead atoms. The van der Waals surface area contributed by atoms with E-state index in [1.807, 2.05) is 6.07 Å². The number of halogens is 1. The predicted octanol–water partition coefficient (Wildman–Crippen LogP) is 4.06. The molecule has 1 saturated heterocycles. The summed E-state index contributed by atoms with van der Waals surface area (Å²) in [6.07, 6.45) is 5.15. The van der Waals surface area contributed by atoms with Gasteiger partial charge in [0.05, 0.1) is 19.3 Å². The van der Waals surface area contributed by atoms with Crippen LogP contribution in [0, 0.1) is 5.92 Å². The first kappa shape index (κ1) is 22.3. The number of ether oxygens (including phenoxy) is 2. The number of aliphatic imine (C=N–C) groups is 1. The van der Waals surface area contributed by atoms with E-state index in [9.17, 15) is 0 Å². The Morgan fingerprint density at radius 2 is 1.89 bits per heavy atom. The smallest absolute Gasteiger partial charge is 0.194 e. The fourth-order valence-electron chi connectivity index (χ4n) is 3.32. The lowest BCUT2D eigenvalue weighted by atomic mass is 10.1. The maximum absolute atomic E-state index is 6.02. The molecule has 5 nitrogen and oxygen atoms in total. The Bertz CT molecular complexity index is 585. The number of nitrogens with zero attached hydrogens (tertiary/aromatic N) is 2. The largest absolute Gasteiger partial charge is 0.493 e. The molecule has 1 aliphatic heterocycles. The minimum Gasteiger partial charge on any atom is -0.493 e. The summed E-state index contributed by atoms with van der Waals surface area (Å²) >= 11 is 0. The van der Waals surface area contributed by atoms with Gasteiger partial charge in [-0.25, -0.2) is 4.99 Å². The van der Waals surface area contributed by atoms with E-state index in [2.05, 4.69) is 42.3 Å². The number of piperidine rings is 1. The first-order chi connectivity index (χ1) is 12.8. The molecule has 0 radical (unpaired) electrons. The van der Waals surface area contributed by atoms with Gasteiger partial charge in [0, 0.05) is 31.8 Å². The highest BCUT2D eigenvalue weighted by molar-refractivity contribution is 14.0. The molecular weight excluding hydrogens is 453 g/mol. The zero-order valence-electron chi connectivity index (χ0n) is 16.7. The van der Waals surface area contributed by atoms with Gasteiger partial charge >= 0.3 is 0 Å². The van der Waals surface area contributed by atoms with Gasteiger partial charge in [-0.2, -0.15) is 0 Å². The number of hydrogen-bond donors (Lipinski definition) is 1. The quantitative estimate of drug-likeness (QED) is 0.342. The van der Waals surface area contributed by atoms with Crippen molar-refractivity contribution < 1.29 is 9.47 Å². The van der Waals surface area contributed by atoms with Crippen molar-refractivity contribution in [2.24, 2.45) is 10.9 Å². The number of likely N-dealkylation sites (tertiary alicyclic amines) is 1. The van der Waals surface area contributed by atoms with Crippen LogP contribution in [0.25, 0.3) is 0 Å². The second-order valence-electron chi connectivity index (χ2n) is 7.17. The van der Waals surface area contributed by atoms with Gasteiger partial charge in [0.1, 0.15) is 5.75 Å². The SMILES string of the molecule is CCNC(=NCc1ccccc1OCC1CC1)N1CCC(OCC)CC1.I. The van der Waals surface area contributed by atoms with Crippen molar-refractivity contribution >= 4 is 29.9 Å². The number of nitrogens with one attached hydrogen (secondary N) is 1. The summed E-state index contributed by atoms with van der Waals surface area (Å²) in [4.78, 5) is 7.25. The molecule has 6 heteroatoms. The number of rotatable bonds is 8. The maximum Gasteiger partial charge on any atom is 0.194 e. The molecule has 1 aromatic rings. The highest BCUT2D eigenvalue weighted by Crippen LogP contribution is 2.30. The predicted molar refractivity (Wildman–Crippen MR) is 121 cm³/mol. The molecule has 152 valence electrons. The molecule has 1 aromatic carbocycles. The Kier molecular flexibility index (Phi) is 9.68. The third-order valence-electron chi connectivity index (χ3n) is 5.02. The minimum atomic E-state index is 0. The molecule has 0 amide bonds. The molecule has 2 fully saturated rings. The van der Waals surface area contributed by atoms with Crippen molar-refractivity contribution in [2.75, 3.05) is 32.8 Å². The average molecular weight is 487 g/mol. The first-order valence-electron chi connectivity index (χ1n) is 10.2. The van der Waals surface area contributed by atoms with E-state index in [4.69, 9.17) is 14.5 Å². The lowest BCUT2D eigenvalue weighted by molar-refractivity contribution is 0.0263. The van der Waals surface area contributed by atoms with Crippen molar-refractivity contribution in [1.29, 1.82) is 0 Å². The summed E-state index contributed by atoms with van der Waals surface area (Å²) in [6, 6.07) is 8.29. The van der Waals surface area contributed by atoms with E-state index < -0.39 is 0 Å². The van der Waals surface area contributed by atoms with Gasteiger partial charge in [-0.05, 0) is 51.5 Å². The third-order valence-corrected chi connectivity index (χ3v) is 5.02. The number of benzene rings is 1. The summed E-state index contributed by atoms with van der Waals surface area (Å²) in [5, 5.41) is 3.44. The normalized spacial score (nSPS) is 18.1. The van der Waals surface area contributed by atoms with E-state index in [1.54, 1.807) is 0 Å². The molecule has 0 spiro atoms. The van der Waals surface area contributed by atoms with Crippen molar-refractivity contribution in [3.8, 4) is 5.75 Å². The molecule has 0 aromatic heterocycles. The third kappa shape index (κ3) is 7.14. The van der Waals surface area contributed by atoms with Gasteiger partial charge in [-0.3, -0.25) is 0 Å². The lowest BCUT2D eigenvalue weighted by Gasteiger charge is -2.34. The van der Waals surface area contributed by atoms with E-state index in [-0.39, 0.29) is 24.0 Å². The lowest BCUT2D eigenvalue weighted by Crippen LogP contribution is -2.47. The van der Waals surface area contributed by atoms with Crippen molar-refractivity contribution in [3.63, 3.8) is 0 Å². The minimum absolute atomic E-state index is 0. The van der Waals surface area contributed by atoms with Gasteiger partial charge < -0.3 is 19.7 Å². The molecule has 1 saturated carbocycles. The highest BCUT2D eigenvalue weighted by Gasteiger charge is 2.23. The van der Waals surface area contributed by atoms with E-state index in [0.29, 0.717) is 12.6 Å².